The number of halogens is 1. The van der Waals surface area contributed by atoms with Gasteiger partial charge in [0.2, 0.25) is 5.91 Å². The van der Waals surface area contributed by atoms with Crippen LogP contribution in [0.15, 0.2) is 0 Å². The van der Waals surface area contributed by atoms with Crippen LogP contribution in [-0.4, -0.2) is 36.3 Å². The SMILES string of the molecule is NCC(=O)N1CCC2(CCC(CCl)CC2)C1. The van der Waals surface area contributed by atoms with Gasteiger partial charge in [0.15, 0.2) is 0 Å². The highest BCUT2D eigenvalue weighted by molar-refractivity contribution is 6.18. The van der Waals surface area contributed by atoms with Gasteiger partial charge in [-0.15, -0.1) is 11.6 Å². The molecule has 1 heterocycles. The molecule has 3 nitrogen and oxygen atoms in total. The van der Waals surface area contributed by atoms with Gasteiger partial charge in [-0.05, 0) is 43.4 Å². The third kappa shape index (κ3) is 2.35. The highest BCUT2D eigenvalue weighted by atomic mass is 35.5. The van der Waals surface area contributed by atoms with Crippen molar-refractivity contribution in [1.29, 1.82) is 0 Å². The number of likely N-dealkylation sites (tertiary alicyclic amines) is 1. The van der Waals surface area contributed by atoms with Crippen molar-refractivity contribution in [3.05, 3.63) is 0 Å². The molecule has 4 heteroatoms. The number of hydrogen-bond donors (Lipinski definition) is 1. The van der Waals surface area contributed by atoms with E-state index < -0.39 is 0 Å². The Labute approximate surface area is 102 Å². The molecule has 92 valence electrons. The van der Waals surface area contributed by atoms with Crippen LogP contribution in [0.3, 0.4) is 0 Å². The minimum absolute atomic E-state index is 0.108. The number of amides is 1. The van der Waals surface area contributed by atoms with Crippen LogP contribution in [0.5, 0.6) is 0 Å². The van der Waals surface area contributed by atoms with E-state index in [1.807, 2.05) is 4.90 Å². The van der Waals surface area contributed by atoms with Crippen LogP contribution in [0.25, 0.3) is 0 Å². The molecule has 2 aliphatic rings. The molecule has 2 rings (SSSR count). The van der Waals surface area contributed by atoms with E-state index in [9.17, 15) is 4.79 Å². The van der Waals surface area contributed by atoms with Crippen LogP contribution in [0.1, 0.15) is 32.1 Å². The Morgan fingerprint density at radius 1 is 1.38 bits per heavy atom. The molecule has 16 heavy (non-hydrogen) atoms. The molecule has 2 fully saturated rings. The van der Waals surface area contributed by atoms with Gasteiger partial charge in [-0.1, -0.05) is 0 Å². The summed E-state index contributed by atoms with van der Waals surface area (Å²) in [7, 11) is 0. The van der Waals surface area contributed by atoms with Crippen LogP contribution in [-0.2, 0) is 4.79 Å². The van der Waals surface area contributed by atoms with E-state index in [-0.39, 0.29) is 12.5 Å². The van der Waals surface area contributed by atoms with Gasteiger partial charge < -0.3 is 10.6 Å². The number of nitrogens with two attached hydrogens (primary N) is 1. The van der Waals surface area contributed by atoms with Gasteiger partial charge in [-0.25, -0.2) is 0 Å². The number of rotatable bonds is 2. The van der Waals surface area contributed by atoms with E-state index in [0.29, 0.717) is 11.3 Å². The van der Waals surface area contributed by atoms with Crippen LogP contribution < -0.4 is 5.73 Å². The Balaban J connectivity index is 1.90. The summed E-state index contributed by atoms with van der Waals surface area (Å²) in [5, 5.41) is 0. The molecular formula is C12H21ClN2O. The molecule has 0 bridgehead atoms. The molecule has 0 aromatic carbocycles. The molecule has 1 amide bonds. The van der Waals surface area contributed by atoms with Crippen LogP contribution >= 0.6 is 11.6 Å². The summed E-state index contributed by atoms with van der Waals surface area (Å²) < 4.78 is 0. The highest BCUT2D eigenvalue weighted by Crippen LogP contribution is 2.45. The quantitative estimate of drug-likeness (QED) is 0.750. The smallest absolute Gasteiger partial charge is 0.236 e. The fraction of sp³-hybridized carbons (Fsp3) is 0.917. The lowest BCUT2D eigenvalue weighted by Gasteiger charge is -2.36. The predicted molar refractivity (Wildman–Crippen MR) is 65.4 cm³/mol. The lowest BCUT2D eigenvalue weighted by atomic mass is 9.70. The molecule has 2 N–H and O–H groups in total. The number of nitrogens with zero attached hydrogens (tertiary/aromatic N) is 1. The van der Waals surface area contributed by atoms with Crippen LogP contribution in [0, 0.1) is 11.3 Å². The van der Waals surface area contributed by atoms with E-state index >= 15 is 0 Å². The Hall–Kier alpha value is -0.280. The molecule has 1 spiro atoms. The fourth-order valence-electron chi connectivity index (χ4n) is 3.13. The summed E-state index contributed by atoms with van der Waals surface area (Å²) in [6.45, 7) is 1.99. The Kier molecular flexibility index (Phi) is 3.75. The first-order chi connectivity index (χ1) is 7.69. The van der Waals surface area contributed by atoms with E-state index in [4.69, 9.17) is 17.3 Å². The predicted octanol–water partition coefficient (Wildman–Crippen LogP) is 1.59. The molecule has 0 radical (unpaired) electrons. The lowest BCUT2D eigenvalue weighted by Crippen LogP contribution is -2.37. The molecule has 0 atom stereocenters. The van der Waals surface area contributed by atoms with E-state index in [2.05, 4.69) is 0 Å². The van der Waals surface area contributed by atoms with Crippen molar-refractivity contribution in [1.82, 2.24) is 4.90 Å². The molecule has 0 aromatic rings. The normalized spacial score (nSPS) is 34.6. The number of carbonyl (C=O) groups is 1. The van der Waals surface area contributed by atoms with Crippen molar-refractivity contribution < 1.29 is 4.79 Å². The summed E-state index contributed by atoms with van der Waals surface area (Å²) in [6.07, 6.45) is 6.09. The highest BCUT2D eigenvalue weighted by Gasteiger charge is 2.41. The molecule has 0 aromatic heterocycles. The fourth-order valence-corrected chi connectivity index (χ4v) is 3.44. The van der Waals surface area contributed by atoms with Gasteiger partial charge >= 0.3 is 0 Å². The van der Waals surface area contributed by atoms with Crippen molar-refractivity contribution in [2.75, 3.05) is 25.5 Å². The van der Waals surface area contributed by atoms with Crippen molar-refractivity contribution in [2.45, 2.75) is 32.1 Å². The van der Waals surface area contributed by atoms with Gasteiger partial charge in [0.25, 0.3) is 0 Å². The largest absolute Gasteiger partial charge is 0.341 e. The van der Waals surface area contributed by atoms with Crippen LogP contribution in [0.4, 0.5) is 0 Å². The third-order valence-electron chi connectivity index (χ3n) is 4.35. The lowest BCUT2D eigenvalue weighted by molar-refractivity contribution is -0.129. The molecule has 1 saturated heterocycles. The Morgan fingerprint density at radius 2 is 2.06 bits per heavy atom. The van der Waals surface area contributed by atoms with Gasteiger partial charge in [-0.3, -0.25) is 4.79 Å². The third-order valence-corrected chi connectivity index (χ3v) is 4.79. The second kappa shape index (κ2) is 4.92. The van der Waals surface area contributed by atoms with E-state index in [0.717, 1.165) is 25.4 Å². The first-order valence-electron chi connectivity index (χ1n) is 6.23. The number of hydrogen-bond acceptors (Lipinski definition) is 2. The number of carbonyl (C=O) groups excluding carboxylic acids is 1. The van der Waals surface area contributed by atoms with Crippen molar-refractivity contribution in [3.63, 3.8) is 0 Å². The topological polar surface area (TPSA) is 46.3 Å². The molecular weight excluding hydrogens is 224 g/mol. The zero-order valence-corrected chi connectivity index (χ0v) is 10.5. The van der Waals surface area contributed by atoms with E-state index in [1.54, 1.807) is 0 Å². The second-order valence-electron chi connectivity index (χ2n) is 5.37. The standard InChI is InChI=1S/C12H21ClN2O/c13-7-10-1-3-12(4-2-10)5-6-15(9-12)11(16)8-14/h10H,1-9,14H2. The van der Waals surface area contributed by atoms with Crippen molar-refractivity contribution in [2.24, 2.45) is 17.1 Å². The molecule has 0 unspecified atom stereocenters. The van der Waals surface area contributed by atoms with Gasteiger partial charge in [-0.2, -0.15) is 0 Å². The average Bonchev–Trinajstić information content (AvgIpc) is 2.73. The Bertz CT molecular complexity index is 262. The molecule has 1 saturated carbocycles. The van der Waals surface area contributed by atoms with Crippen molar-refractivity contribution >= 4 is 17.5 Å². The maximum absolute atomic E-state index is 11.5. The first-order valence-corrected chi connectivity index (χ1v) is 6.76. The summed E-state index contributed by atoms with van der Waals surface area (Å²) in [5.41, 5.74) is 5.80. The van der Waals surface area contributed by atoms with Crippen molar-refractivity contribution in [3.8, 4) is 0 Å². The second-order valence-corrected chi connectivity index (χ2v) is 5.68. The number of alkyl halides is 1. The van der Waals surface area contributed by atoms with Gasteiger partial charge in [0, 0.05) is 19.0 Å². The summed E-state index contributed by atoms with van der Waals surface area (Å²) in [5.74, 6) is 1.60. The average molecular weight is 245 g/mol. The summed E-state index contributed by atoms with van der Waals surface area (Å²) in [4.78, 5) is 13.5. The minimum atomic E-state index is 0.108. The monoisotopic (exact) mass is 244 g/mol. The van der Waals surface area contributed by atoms with Crippen LogP contribution in [0.2, 0.25) is 0 Å². The minimum Gasteiger partial charge on any atom is -0.341 e. The zero-order valence-electron chi connectivity index (χ0n) is 9.75. The van der Waals surface area contributed by atoms with Gasteiger partial charge in [0.1, 0.15) is 0 Å². The maximum atomic E-state index is 11.5. The Morgan fingerprint density at radius 3 is 2.62 bits per heavy atom. The van der Waals surface area contributed by atoms with Gasteiger partial charge in [0.05, 0.1) is 6.54 Å². The molecule has 1 aliphatic carbocycles. The molecule has 1 aliphatic heterocycles. The maximum Gasteiger partial charge on any atom is 0.236 e. The first kappa shape index (κ1) is 12.2. The summed E-state index contributed by atoms with van der Waals surface area (Å²) >= 11 is 5.90. The van der Waals surface area contributed by atoms with E-state index in [1.165, 1.54) is 25.7 Å². The zero-order chi connectivity index (χ0) is 11.6. The summed E-state index contributed by atoms with van der Waals surface area (Å²) in [6, 6.07) is 0.